The monoisotopic (exact) mass is 193 g/mol. The van der Waals surface area contributed by atoms with E-state index in [9.17, 15) is 10.2 Å². The van der Waals surface area contributed by atoms with E-state index in [4.69, 9.17) is 15.3 Å². The van der Waals surface area contributed by atoms with Gasteiger partial charge in [-0.25, -0.2) is 0 Å². The first kappa shape index (κ1) is 46.3. The Balaban J connectivity index is -0.0000000104. The van der Waals surface area contributed by atoms with Crippen molar-refractivity contribution in [2.75, 3.05) is 6.54 Å². The minimum atomic E-state index is -1.75. The molecule has 0 aliphatic rings. The average Bonchev–Trinajstić information content (AvgIpc) is 1.65. The van der Waals surface area contributed by atoms with E-state index >= 15 is 0 Å². The van der Waals surface area contributed by atoms with Gasteiger partial charge in [-0.15, -0.1) is 0 Å². The third kappa shape index (κ3) is 228. The van der Waals surface area contributed by atoms with Crippen molar-refractivity contribution < 1.29 is 69.7 Å². The largest absolute Gasteiger partial charge is 1.00 e. The second-order valence-electron chi connectivity index (χ2n) is 0.942. The van der Waals surface area contributed by atoms with Gasteiger partial charge < -0.3 is 42.2 Å². The van der Waals surface area contributed by atoms with Crippen LogP contribution in [0.25, 0.3) is 0 Å². The molecule has 0 fully saturated rings. The molecule has 0 aromatic rings. The molecule has 1 radical (unpaired) electrons. The Bertz CT molecular complexity index is 81.3. The van der Waals surface area contributed by atoms with E-state index in [-0.39, 0.29) is 74.1 Å². The molecule has 0 aliphatic carbocycles. The predicted octanol–water partition coefficient (Wildman–Crippen LogP) is -10.7. The van der Waals surface area contributed by atoms with Crippen molar-refractivity contribution in [3.05, 3.63) is 15.3 Å². The summed E-state index contributed by atoms with van der Waals surface area (Å²) in [6, 6.07) is 0. The van der Waals surface area contributed by atoms with Crippen LogP contribution in [-0.4, -0.2) is 47.7 Å². The third-order valence-corrected chi connectivity index (χ3v) is 0.236. The number of nitrogens with zero attached hydrogens (tertiary/aromatic N) is 1. The number of quaternary nitrogens is 1. The summed E-state index contributed by atoms with van der Waals surface area (Å²) in [5.74, 6) is 0. The molecule has 5 N–H and O–H groups in total. The summed E-state index contributed by atoms with van der Waals surface area (Å²) in [5, 5.41) is 33.3. The summed E-state index contributed by atoms with van der Waals surface area (Å²) in [5.41, 5.74) is 3.06. The van der Waals surface area contributed by atoms with Gasteiger partial charge in [0.05, 0.1) is 5.09 Å². The minimum Gasteiger partial charge on any atom is -0.870 e. The van der Waals surface area contributed by atoms with Crippen LogP contribution in [0.1, 0.15) is 0 Å². The molecule has 0 saturated heterocycles. The van der Waals surface area contributed by atoms with E-state index in [0.717, 1.165) is 0 Å². The fourth-order valence-electron chi connectivity index (χ4n) is 0. The molecule has 9 nitrogen and oxygen atoms in total. The van der Waals surface area contributed by atoms with Crippen molar-refractivity contribution in [2.24, 2.45) is 0 Å². The number of rotatable bonds is 1. The molecule has 0 aromatic carbocycles. The summed E-state index contributed by atoms with van der Waals surface area (Å²) in [7, 11) is 0. The number of hydrogen-bond acceptors (Lipinski definition) is 7. The zero-order valence-corrected chi connectivity index (χ0v) is 8.37. The molecule has 0 amide bonds. The Labute approximate surface area is 116 Å². The Kier molecular flexibility index (Phi) is 123. The van der Waals surface area contributed by atoms with Crippen molar-refractivity contribution in [1.29, 1.82) is 0 Å². The molecule has 0 heterocycles. The SMILES string of the molecule is O=[N+]([O-])[O-].[Li+].[Li+].[Li].[NH3+]CC([O-])[O-].[OH-].[OH-]. The van der Waals surface area contributed by atoms with Gasteiger partial charge in [0.15, 0.2) is 0 Å². The zero-order valence-electron chi connectivity index (χ0n) is 8.37. The standard InChI is InChI=1S/C2H5NO2.3Li.NO3.2H2O/c3-1-2(4)5;;;;2-1(3)4;;/h2H,1,3H2;;;;;2*1H2/q-2;;2*+1;-1;;/p-1. The minimum absolute atomic E-state index is 0. The molecule has 0 rings (SSSR count). The normalized spacial score (nSPS) is 5.14. The van der Waals surface area contributed by atoms with Gasteiger partial charge in [-0.1, -0.05) is 0 Å². The van der Waals surface area contributed by atoms with Gasteiger partial charge in [-0.05, 0) is 0 Å². The molecular formula is C2H8Li3N2O7-2. The molecule has 73 valence electrons. The fourth-order valence-corrected chi connectivity index (χ4v) is 0. The van der Waals surface area contributed by atoms with Crippen LogP contribution in [-0.2, 0) is 0 Å². The van der Waals surface area contributed by atoms with Gasteiger partial charge in [0, 0.05) is 25.4 Å². The second-order valence-corrected chi connectivity index (χ2v) is 0.942. The molecular weight excluding hydrogens is 185 g/mol. The first-order valence-electron chi connectivity index (χ1n) is 1.93. The molecule has 0 bridgehead atoms. The zero-order chi connectivity index (χ0) is 7.86. The van der Waals surface area contributed by atoms with E-state index in [0.29, 0.717) is 0 Å². The van der Waals surface area contributed by atoms with Crippen LogP contribution in [0.5, 0.6) is 0 Å². The van der Waals surface area contributed by atoms with Crippen LogP contribution in [0.2, 0.25) is 0 Å². The van der Waals surface area contributed by atoms with Gasteiger partial charge in [-0.2, -0.15) is 6.29 Å². The predicted molar refractivity (Wildman–Crippen MR) is 31.5 cm³/mol. The second kappa shape index (κ2) is 37.2. The third-order valence-electron chi connectivity index (χ3n) is 0.236. The maximum atomic E-state index is 9.28. The van der Waals surface area contributed by atoms with Crippen LogP contribution in [0.4, 0.5) is 0 Å². The Hall–Kier alpha value is 0.792. The van der Waals surface area contributed by atoms with Crippen LogP contribution >= 0.6 is 0 Å². The Morgan fingerprint density at radius 1 is 1.14 bits per heavy atom. The van der Waals surface area contributed by atoms with Gasteiger partial charge in [0.2, 0.25) is 0 Å². The van der Waals surface area contributed by atoms with Crippen molar-refractivity contribution >= 4 is 18.9 Å². The summed E-state index contributed by atoms with van der Waals surface area (Å²) < 4.78 is 0. The van der Waals surface area contributed by atoms with Crippen LogP contribution in [0.3, 0.4) is 0 Å². The quantitative estimate of drug-likeness (QED) is 0.184. The molecule has 0 saturated carbocycles. The molecule has 12 heteroatoms. The molecule has 0 aromatic heterocycles. The van der Waals surface area contributed by atoms with Crippen molar-refractivity contribution in [2.45, 2.75) is 6.29 Å². The number of hydrogen-bond donors (Lipinski definition) is 1. The summed E-state index contributed by atoms with van der Waals surface area (Å²) in [6.07, 6.45) is -1.73. The van der Waals surface area contributed by atoms with E-state index in [1.54, 1.807) is 0 Å². The van der Waals surface area contributed by atoms with E-state index < -0.39 is 11.4 Å². The van der Waals surface area contributed by atoms with Crippen LogP contribution in [0.15, 0.2) is 0 Å². The molecule has 0 spiro atoms. The topological polar surface area (TPSA) is 200 Å². The van der Waals surface area contributed by atoms with Gasteiger partial charge in [0.25, 0.3) is 0 Å². The molecule has 14 heavy (non-hydrogen) atoms. The van der Waals surface area contributed by atoms with Crippen molar-refractivity contribution in [3.63, 3.8) is 0 Å². The maximum Gasteiger partial charge on any atom is 1.00 e. The Morgan fingerprint density at radius 2 is 1.21 bits per heavy atom. The molecule has 0 unspecified atom stereocenters. The molecule has 0 atom stereocenters. The van der Waals surface area contributed by atoms with Crippen LogP contribution < -0.4 is 53.7 Å². The molecule has 0 aliphatic heterocycles. The summed E-state index contributed by atoms with van der Waals surface area (Å²) >= 11 is 0. The van der Waals surface area contributed by atoms with Gasteiger partial charge >= 0.3 is 37.7 Å². The van der Waals surface area contributed by atoms with Gasteiger partial charge in [0.1, 0.15) is 0 Å². The van der Waals surface area contributed by atoms with E-state index in [2.05, 4.69) is 5.73 Å². The Morgan fingerprint density at radius 3 is 1.21 bits per heavy atom. The van der Waals surface area contributed by atoms with Crippen molar-refractivity contribution in [1.82, 2.24) is 0 Å². The first-order chi connectivity index (χ1) is 4.00. The summed E-state index contributed by atoms with van der Waals surface area (Å²) in [6.45, 7) is -0.0556. The van der Waals surface area contributed by atoms with Crippen molar-refractivity contribution in [3.8, 4) is 0 Å². The smallest absolute Gasteiger partial charge is 0.870 e. The van der Waals surface area contributed by atoms with Gasteiger partial charge in [-0.3, -0.25) is 0 Å². The van der Waals surface area contributed by atoms with E-state index in [1.165, 1.54) is 0 Å². The fraction of sp³-hybridized carbons (Fsp3) is 1.00. The maximum absolute atomic E-state index is 9.28. The van der Waals surface area contributed by atoms with E-state index in [1.807, 2.05) is 0 Å². The summed E-state index contributed by atoms with van der Waals surface area (Å²) in [4.78, 5) is 8.25. The van der Waals surface area contributed by atoms with Crippen LogP contribution in [0, 0.1) is 15.3 Å². The first-order valence-corrected chi connectivity index (χ1v) is 1.93. The average molecular weight is 193 g/mol.